The summed E-state index contributed by atoms with van der Waals surface area (Å²) >= 11 is 3.46. The van der Waals surface area contributed by atoms with E-state index < -0.39 is 0 Å². The highest BCUT2D eigenvalue weighted by atomic mass is 79.9. The van der Waals surface area contributed by atoms with Crippen molar-refractivity contribution in [3.8, 4) is 0 Å². The van der Waals surface area contributed by atoms with Crippen molar-refractivity contribution in [2.24, 2.45) is 5.84 Å². The molecule has 0 spiro atoms. The number of hydrogen-bond acceptors (Lipinski definition) is 2. The number of benzene rings is 2. The Labute approximate surface area is 133 Å². The van der Waals surface area contributed by atoms with Gasteiger partial charge in [-0.1, -0.05) is 45.3 Å². The van der Waals surface area contributed by atoms with E-state index in [-0.39, 0.29) is 11.9 Å². The van der Waals surface area contributed by atoms with Gasteiger partial charge in [-0.2, -0.15) is 0 Å². The Morgan fingerprint density at radius 2 is 1.76 bits per heavy atom. The zero-order valence-electron chi connectivity index (χ0n) is 12.3. The van der Waals surface area contributed by atoms with E-state index in [1.807, 2.05) is 0 Å². The van der Waals surface area contributed by atoms with Crippen molar-refractivity contribution in [2.45, 2.75) is 32.7 Å². The lowest BCUT2D eigenvalue weighted by Gasteiger charge is -2.17. The van der Waals surface area contributed by atoms with Crippen molar-refractivity contribution in [1.82, 2.24) is 5.43 Å². The number of rotatable bonds is 5. The van der Waals surface area contributed by atoms with E-state index in [4.69, 9.17) is 5.84 Å². The van der Waals surface area contributed by atoms with Crippen molar-refractivity contribution in [1.29, 1.82) is 0 Å². The van der Waals surface area contributed by atoms with Gasteiger partial charge in [0.1, 0.15) is 5.82 Å². The van der Waals surface area contributed by atoms with Crippen LogP contribution in [0.5, 0.6) is 0 Å². The fourth-order valence-electron chi connectivity index (χ4n) is 2.63. The number of hydrazine groups is 1. The summed E-state index contributed by atoms with van der Waals surface area (Å²) in [6.07, 6.45) is 1.48. The number of nitrogens with one attached hydrogen (secondary N) is 1. The van der Waals surface area contributed by atoms with Gasteiger partial charge in [-0.05, 0) is 56.0 Å². The molecule has 4 heteroatoms. The predicted molar refractivity (Wildman–Crippen MR) is 88.5 cm³/mol. The molecule has 1 atom stereocenters. The van der Waals surface area contributed by atoms with E-state index in [9.17, 15) is 4.39 Å². The lowest BCUT2D eigenvalue weighted by atomic mass is 9.97. The Bertz CT molecular complexity index is 608. The molecule has 0 aliphatic carbocycles. The molecule has 0 fully saturated rings. The second-order valence-electron chi connectivity index (χ2n) is 5.50. The van der Waals surface area contributed by atoms with Gasteiger partial charge in [-0.15, -0.1) is 0 Å². The van der Waals surface area contributed by atoms with Gasteiger partial charge < -0.3 is 0 Å². The molecule has 1 unspecified atom stereocenters. The van der Waals surface area contributed by atoms with E-state index >= 15 is 0 Å². The lowest BCUT2D eigenvalue weighted by molar-refractivity contribution is 0.519. The third-order valence-corrected chi connectivity index (χ3v) is 4.25. The van der Waals surface area contributed by atoms with Crippen LogP contribution in [-0.2, 0) is 12.8 Å². The third kappa shape index (κ3) is 4.63. The van der Waals surface area contributed by atoms with Crippen LogP contribution in [0.2, 0.25) is 0 Å². The van der Waals surface area contributed by atoms with E-state index in [0.29, 0.717) is 6.42 Å². The van der Waals surface area contributed by atoms with Crippen LogP contribution in [0.15, 0.2) is 40.9 Å². The van der Waals surface area contributed by atoms with Crippen LogP contribution in [0, 0.1) is 19.7 Å². The van der Waals surface area contributed by atoms with Crippen LogP contribution >= 0.6 is 15.9 Å². The molecule has 0 saturated carbocycles. The second kappa shape index (κ2) is 7.16. The molecule has 0 radical (unpaired) electrons. The second-order valence-corrected chi connectivity index (χ2v) is 6.36. The summed E-state index contributed by atoms with van der Waals surface area (Å²) in [5.41, 5.74) is 7.49. The first-order valence-electron chi connectivity index (χ1n) is 6.95. The molecule has 21 heavy (non-hydrogen) atoms. The highest BCUT2D eigenvalue weighted by Gasteiger charge is 2.12. The minimum atomic E-state index is -0.227. The van der Waals surface area contributed by atoms with Crippen molar-refractivity contribution >= 4 is 15.9 Å². The number of halogens is 2. The Hall–Kier alpha value is -1.23. The highest BCUT2D eigenvalue weighted by Crippen LogP contribution is 2.20. The van der Waals surface area contributed by atoms with Crippen LogP contribution < -0.4 is 11.3 Å². The zero-order valence-corrected chi connectivity index (χ0v) is 13.9. The van der Waals surface area contributed by atoms with Crippen LogP contribution in [0.1, 0.15) is 22.3 Å². The number of hydrogen-bond donors (Lipinski definition) is 2. The fraction of sp³-hybridized carbons (Fsp3) is 0.294. The maximum atomic E-state index is 13.4. The van der Waals surface area contributed by atoms with E-state index in [2.05, 4.69) is 53.4 Å². The molecule has 0 saturated heterocycles. The molecule has 2 aromatic carbocycles. The maximum Gasteiger partial charge on any atom is 0.123 e. The van der Waals surface area contributed by atoms with Crippen molar-refractivity contribution < 1.29 is 4.39 Å². The fourth-order valence-corrected chi connectivity index (χ4v) is 3.04. The molecule has 2 aromatic rings. The molecule has 0 bridgehead atoms. The van der Waals surface area contributed by atoms with Gasteiger partial charge in [0.2, 0.25) is 0 Å². The zero-order chi connectivity index (χ0) is 15.4. The largest absolute Gasteiger partial charge is 0.271 e. The first kappa shape index (κ1) is 16.1. The molecular formula is C17H20BrFN2. The van der Waals surface area contributed by atoms with Gasteiger partial charge in [0, 0.05) is 10.5 Å². The number of aryl methyl sites for hydroxylation is 2. The van der Waals surface area contributed by atoms with Crippen molar-refractivity contribution in [3.63, 3.8) is 0 Å². The Kier molecular flexibility index (Phi) is 5.51. The molecular weight excluding hydrogens is 331 g/mol. The van der Waals surface area contributed by atoms with E-state index in [0.717, 1.165) is 16.5 Å². The minimum absolute atomic E-state index is 0.0595. The van der Waals surface area contributed by atoms with Crippen molar-refractivity contribution in [2.75, 3.05) is 0 Å². The van der Waals surface area contributed by atoms with Crippen molar-refractivity contribution in [3.05, 3.63) is 68.9 Å². The van der Waals surface area contributed by atoms with Gasteiger partial charge in [-0.3, -0.25) is 11.3 Å². The minimum Gasteiger partial charge on any atom is -0.271 e. The molecule has 0 aliphatic rings. The Morgan fingerprint density at radius 3 is 2.38 bits per heavy atom. The molecule has 0 aliphatic heterocycles. The molecule has 2 nitrogen and oxygen atoms in total. The van der Waals surface area contributed by atoms with Crippen LogP contribution in [-0.4, -0.2) is 6.04 Å². The summed E-state index contributed by atoms with van der Waals surface area (Å²) < 4.78 is 14.3. The topological polar surface area (TPSA) is 38.0 Å². The SMILES string of the molecule is Cc1cc(C)cc(CC(Cc2cc(F)ccc2Br)NN)c1. The Balaban J connectivity index is 2.14. The average molecular weight is 351 g/mol. The summed E-state index contributed by atoms with van der Waals surface area (Å²) in [5.74, 6) is 5.45. The van der Waals surface area contributed by atoms with Gasteiger partial charge in [0.25, 0.3) is 0 Å². The maximum absolute atomic E-state index is 13.4. The van der Waals surface area contributed by atoms with Crippen LogP contribution in [0.3, 0.4) is 0 Å². The quantitative estimate of drug-likeness (QED) is 0.635. The number of nitrogens with two attached hydrogens (primary N) is 1. The first-order chi connectivity index (χ1) is 9.97. The highest BCUT2D eigenvalue weighted by molar-refractivity contribution is 9.10. The summed E-state index contributed by atoms with van der Waals surface area (Å²) in [4.78, 5) is 0. The van der Waals surface area contributed by atoms with Crippen LogP contribution in [0.25, 0.3) is 0 Å². The van der Waals surface area contributed by atoms with Crippen LogP contribution in [0.4, 0.5) is 4.39 Å². The first-order valence-corrected chi connectivity index (χ1v) is 7.74. The molecule has 0 heterocycles. The monoisotopic (exact) mass is 350 g/mol. The molecule has 3 N–H and O–H groups in total. The third-order valence-electron chi connectivity index (χ3n) is 3.47. The standard InChI is InChI=1S/C17H20BrFN2/c1-11-5-12(2)7-13(6-11)8-16(21-20)10-14-9-15(19)3-4-17(14)18/h3-7,9,16,21H,8,10,20H2,1-2H3. The molecule has 2 rings (SSSR count). The average Bonchev–Trinajstić information content (AvgIpc) is 2.41. The summed E-state index contributed by atoms with van der Waals surface area (Å²) in [7, 11) is 0. The molecule has 0 aromatic heterocycles. The predicted octanol–water partition coefficient (Wildman–Crippen LogP) is 3.82. The normalized spacial score (nSPS) is 12.4. The van der Waals surface area contributed by atoms with Gasteiger partial charge in [0.05, 0.1) is 0 Å². The Morgan fingerprint density at radius 1 is 1.10 bits per heavy atom. The lowest BCUT2D eigenvalue weighted by Crippen LogP contribution is -2.38. The van der Waals surface area contributed by atoms with Gasteiger partial charge >= 0.3 is 0 Å². The smallest absolute Gasteiger partial charge is 0.123 e. The van der Waals surface area contributed by atoms with Gasteiger partial charge in [-0.25, -0.2) is 4.39 Å². The summed E-state index contributed by atoms with van der Waals surface area (Å²) in [5, 5.41) is 0. The summed E-state index contributed by atoms with van der Waals surface area (Å²) in [6.45, 7) is 4.18. The molecule has 112 valence electrons. The van der Waals surface area contributed by atoms with Gasteiger partial charge in [0.15, 0.2) is 0 Å². The molecule has 0 amide bonds. The summed E-state index contributed by atoms with van der Waals surface area (Å²) in [6, 6.07) is 11.3. The van der Waals surface area contributed by atoms with E-state index in [1.54, 1.807) is 12.1 Å². The van der Waals surface area contributed by atoms with E-state index in [1.165, 1.54) is 22.8 Å².